The number of nitrogens with one attached hydrogen (secondary N) is 1. The SMILES string of the molecule is O=C(O)C1(C(=O)Nc2ccc(N3CCCS3(=O)=O)cc2)CC1. The lowest BCUT2D eigenvalue weighted by Gasteiger charge is -2.17. The number of nitrogens with zero attached hydrogens (tertiary/aromatic N) is 1. The lowest BCUT2D eigenvalue weighted by molar-refractivity contribution is -0.147. The van der Waals surface area contributed by atoms with E-state index in [1.54, 1.807) is 24.3 Å². The Kier molecular flexibility index (Phi) is 3.36. The summed E-state index contributed by atoms with van der Waals surface area (Å²) in [5.74, 6) is -1.49. The van der Waals surface area contributed by atoms with Crippen LogP contribution >= 0.6 is 0 Å². The number of aliphatic carboxylic acids is 1. The van der Waals surface area contributed by atoms with Gasteiger partial charge in [0.05, 0.1) is 11.4 Å². The second-order valence-electron chi connectivity index (χ2n) is 5.63. The van der Waals surface area contributed by atoms with Crippen LogP contribution in [0.15, 0.2) is 24.3 Å². The van der Waals surface area contributed by atoms with Crippen molar-refractivity contribution < 1.29 is 23.1 Å². The number of benzene rings is 1. The molecule has 118 valence electrons. The van der Waals surface area contributed by atoms with Gasteiger partial charge in [0.2, 0.25) is 15.9 Å². The van der Waals surface area contributed by atoms with Crippen LogP contribution in [0.5, 0.6) is 0 Å². The van der Waals surface area contributed by atoms with Crippen LogP contribution in [0.3, 0.4) is 0 Å². The van der Waals surface area contributed by atoms with Crippen LogP contribution < -0.4 is 9.62 Å². The number of rotatable bonds is 4. The fraction of sp³-hybridized carbons (Fsp3) is 0.429. The molecule has 2 aliphatic rings. The number of carboxylic acid groups (broad SMARTS) is 1. The summed E-state index contributed by atoms with van der Waals surface area (Å²) in [5.41, 5.74) is -0.288. The summed E-state index contributed by atoms with van der Waals surface area (Å²) in [5, 5.41) is 11.6. The molecule has 1 aromatic rings. The zero-order valence-electron chi connectivity index (χ0n) is 11.8. The minimum atomic E-state index is -3.23. The van der Waals surface area contributed by atoms with E-state index in [9.17, 15) is 18.0 Å². The highest BCUT2D eigenvalue weighted by atomic mass is 32.2. The summed E-state index contributed by atoms with van der Waals surface area (Å²) in [7, 11) is -3.23. The third-order valence-electron chi connectivity index (χ3n) is 4.11. The van der Waals surface area contributed by atoms with Crippen molar-refractivity contribution in [3.8, 4) is 0 Å². The van der Waals surface area contributed by atoms with Gasteiger partial charge in [-0.3, -0.25) is 13.9 Å². The Hall–Kier alpha value is -2.09. The molecule has 0 aromatic heterocycles. The van der Waals surface area contributed by atoms with E-state index in [0.717, 1.165) is 0 Å². The third-order valence-corrected chi connectivity index (χ3v) is 5.98. The molecule has 1 aliphatic heterocycles. The molecule has 1 heterocycles. The molecule has 1 aromatic carbocycles. The Bertz CT molecular complexity index is 722. The van der Waals surface area contributed by atoms with Gasteiger partial charge in [-0.2, -0.15) is 0 Å². The van der Waals surface area contributed by atoms with Crippen molar-refractivity contribution in [3.05, 3.63) is 24.3 Å². The van der Waals surface area contributed by atoms with E-state index < -0.39 is 27.3 Å². The lowest BCUT2D eigenvalue weighted by Crippen LogP contribution is -2.31. The van der Waals surface area contributed by atoms with E-state index in [1.165, 1.54) is 4.31 Å². The minimum Gasteiger partial charge on any atom is -0.480 e. The van der Waals surface area contributed by atoms with Crippen LogP contribution in [-0.2, 0) is 19.6 Å². The second-order valence-corrected chi connectivity index (χ2v) is 7.64. The average Bonchev–Trinajstić information content (AvgIpc) is 3.20. The molecular weight excluding hydrogens is 308 g/mol. The second kappa shape index (κ2) is 4.98. The number of hydrogen-bond donors (Lipinski definition) is 2. The fourth-order valence-electron chi connectivity index (χ4n) is 2.55. The van der Waals surface area contributed by atoms with Gasteiger partial charge in [-0.15, -0.1) is 0 Å². The number of amides is 1. The Balaban J connectivity index is 1.73. The van der Waals surface area contributed by atoms with Gasteiger partial charge in [-0.05, 0) is 43.5 Å². The normalized spacial score (nSPS) is 21.4. The van der Waals surface area contributed by atoms with Crippen LogP contribution in [0, 0.1) is 5.41 Å². The smallest absolute Gasteiger partial charge is 0.319 e. The molecule has 0 spiro atoms. The maximum absolute atomic E-state index is 12.0. The van der Waals surface area contributed by atoms with Gasteiger partial charge >= 0.3 is 5.97 Å². The van der Waals surface area contributed by atoms with Crippen molar-refractivity contribution in [1.82, 2.24) is 0 Å². The largest absolute Gasteiger partial charge is 0.480 e. The first-order valence-electron chi connectivity index (χ1n) is 7.00. The third kappa shape index (κ3) is 2.43. The standard InChI is InChI=1S/C14H16N2O5S/c17-12(14(6-7-14)13(18)19)15-10-2-4-11(5-3-10)16-8-1-9-22(16,20)21/h2-5H,1,6-9H2,(H,15,17)(H,18,19). The van der Waals surface area contributed by atoms with Gasteiger partial charge < -0.3 is 10.4 Å². The topological polar surface area (TPSA) is 104 Å². The van der Waals surface area contributed by atoms with Crippen molar-refractivity contribution in [2.75, 3.05) is 21.9 Å². The minimum absolute atomic E-state index is 0.145. The molecule has 2 fully saturated rings. The van der Waals surface area contributed by atoms with Gasteiger partial charge in [0, 0.05) is 12.2 Å². The summed E-state index contributed by atoms with van der Waals surface area (Å²) in [6, 6.07) is 6.38. The highest BCUT2D eigenvalue weighted by molar-refractivity contribution is 7.93. The Labute approximate surface area is 128 Å². The summed E-state index contributed by atoms with van der Waals surface area (Å²) < 4.78 is 25.0. The van der Waals surface area contributed by atoms with E-state index in [-0.39, 0.29) is 5.75 Å². The Morgan fingerprint density at radius 3 is 2.27 bits per heavy atom. The summed E-state index contributed by atoms with van der Waals surface area (Å²) in [6.07, 6.45) is 1.29. The van der Waals surface area contributed by atoms with Crippen molar-refractivity contribution in [2.45, 2.75) is 19.3 Å². The summed E-state index contributed by atoms with van der Waals surface area (Å²) in [4.78, 5) is 23.1. The highest BCUT2D eigenvalue weighted by Gasteiger charge is 2.57. The van der Waals surface area contributed by atoms with Crippen LogP contribution in [0.4, 0.5) is 11.4 Å². The van der Waals surface area contributed by atoms with E-state index in [0.29, 0.717) is 37.2 Å². The maximum Gasteiger partial charge on any atom is 0.319 e. The molecule has 8 heteroatoms. The number of hydrogen-bond acceptors (Lipinski definition) is 4. The van der Waals surface area contributed by atoms with Gasteiger partial charge in [0.1, 0.15) is 5.41 Å². The molecule has 2 N–H and O–H groups in total. The lowest BCUT2D eigenvalue weighted by atomic mass is 10.1. The predicted octanol–water partition coefficient (Wildman–Crippen LogP) is 1.03. The van der Waals surface area contributed by atoms with Crippen LogP contribution in [0.1, 0.15) is 19.3 Å². The molecular formula is C14H16N2O5S. The van der Waals surface area contributed by atoms with E-state index in [4.69, 9.17) is 5.11 Å². The molecule has 1 saturated carbocycles. The van der Waals surface area contributed by atoms with Crippen LogP contribution in [-0.4, -0.2) is 37.7 Å². The van der Waals surface area contributed by atoms with Gasteiger partial charge in [0.15, 0.2) is 0 Å². The molecule has 22 heavy (non-hydrogen) atoms. The van der Waals surface area contributed by atoms with Gasteiger partial charge in [0.25, 0.3) is 0 Å². The number of carbonyl (C=O) groups is 2. The first-order valence-corrected chi connectivity index (χ1v) is 8.61. The van der Waals surface area contributed by atoms with Gasteiger partial charge in [-0.25, -0.2) is 8.42 Å². The van der Waals surface area contributed by atoms with Crippen LogP contribution in [0.25, 0.3) is 0 Å². The summed E-state index contributed by atoms with van der Waals surface area (Å²) >= 11 is 0. The quantitative estimate of drug-likeness (QED) is 0.805. The Morgan fingerprint density at radius 1 is 1.18 bits per heavy atom. The zero-order chi connectivity index (χ0) is 16.0. The fourth-order valence-corrected chi connectivity index (χ4v) is 4.12. The summed E-state index contributed by atoms with van der Waals surface area (Å²) in [6.45, 7) is 0.455. The Morgan fingerprint density at radius 2 is 1.82 bits per heavy atom. The predicted molar refractivity (Wildman–Crippen MR) is 80.1 cm³/mol. The number of sulfonamides is 1. The molecule has 1 saturated heterocycles. The van der Waals surface area contributed by atoms with E-state index >= 15 is 0 Å². The highest BCUT2D eigenvalue weighted by Crippen LogP contribution is 2.46. The van der Waals surface area contributed by atoms with Crippen LogP contribution in [0.2, 0.25) is 0 Å². The first-order chi connectivity index (χ1) is 10.3. The molecule has 1 aliphatic carbocycles. The number of carbonyl (C=O) groups excluding carboxylic acids is 1. The van der Waals surface area contributed by atoms with Crippen molar-refractivity contribution >= 4 is 33.3 Å². The molecule has 0 bridgehead atoms. The average molecular weight is 324 g/mol. The zero-order valence-corrected chi connectivity index (χ0v) is 12.6. The van der Waals surface area contributed by atoms with Gasteiger partial charge in [-0.1, -0.05) is 0 Å². The first kappa shape index (κ1) is 14.8. The molecule has 7 nitrogen and oxygen atoms in total. The molecule has 0 unspecified atom stereocenters. The van der Waals surface area contributed by atoms with E-state index in [1.807, 2.05) is 0 Å². The molecule has 0 radical (unpaired) electrons. The number of anilines is 2. The molecule has 1 amide bonds. The van der Waals surface area contributed by atoms with E-state index in [2.05, 4.69) is 5.32 Å². The maximum atomic E-state index is 12.0. The molecule has 3 rings (SSSR count). The van der Waals surface area contributed by atoms with Crippen molar-refractivity contribution in [2.24, 2.45) is 5.41 Å². The van der Waals surface area contributed by atoms with Crippen molar-refractivity contribution in [1.29, 1.82) is 0 Å². The number of carboxylic acids is 1. The van der Waals surface area contributed by atoms with Crippen molar-refractivity contribution in [3.63, 3.8) is 0 Å². The monoisotopic (exact) mass is 324 g/mol. The molecule has 0 atom stereocenters.